The summed E-state index contributed by atoms with van der Waals surface area (Å²) in [5.74, 6) is 0.0115. The van der Waals surface area contributed by atoms with Gasteiger partial charge in [0.2, 0.25) is 5.91 Å². The molecule has 0 aliphatic heterocycles. The van der Waals surface area contributed by atoms with E-state index >= 15 is 0 Å². The first-order valence-corrected chi connectivity index (χ1v) is 9.22. The number of anilines is 1. The van der Waals surface area contributed by atoms with Gasteiger partial charge in [0, 0.05) is 18.8 Å². The monoisotopic (exact) mass is 336 g/mol. The number of amides is 1. The van der Waals surface area contributed by atoms with Gasteiger partial charge in [-0.1, -0.05) is 30.0 Å². The van der Waals surface area contributed by atoms with Gasteiger partial charge in [-0.3, -0.25) is 4.79 Å². The zero-order valence-electron chi connectivity index (χ0n) is 13.5. The number of thioether (sulfide) groups is 1. The molecule has 1 aliphatic carbocycles. The maximum Gasteiger partial charge on any atom is 0.237 e. The Labute approximate surface area is 142 Å². The van der Waals surface area contributed by atoms with Crippen molar-refractivity contribution in [2.45, 2.75) is 45.3 Å². The summed E-state index contributed by atoms with van der Waals surface area (Å²) < 4.78 is 0.793. The van der Waals surface area contributed by atoms with Gasteiger partial charge in [-0.2, -0.15) is 0 Å². The molecule has 1 atom stereocenters. The molecule has 0 aromatic heterocycles. The van der Waals surface area contributed by atoms with E-state index in [-0.39, 0.29) is 11.2 Å². The van der Waals surface area contributed by atoms with Gasteiger partial charge < -0.3 is 10.2 Å². The summed E-state index contributed by atoms with van der Waals surface area (Å²) >= 11 is 6.86. The van der Waals surface area contributed by atoms with E-state index < -0.39 is 0 Å². The second-order valence-corrected chi connectivity index (χ2v) is 7.50. The molecule has 0 bridgehead atoms. The molecule has 22 heavy (non-hydrogen) atoms. The Kier molecular flexibility index (Phi) is 6.26. The molecule has 3 nitrogen and oxygen atoms in total. The second-order valence-electron chi connectivity index (χ2n) is 5.52. The van der Waals surface area contributed by atoms with Crippen molar-refractivity contribution in [3.8, 4) is 0 Å². The third-order valence-electron chi connectivity index (χ3n) is 4.03. The largest absolute Gasteiger partial charge is 0.358 e. The van der Waals surface area contributed by atoms with E-state index in [1.807, 2.05) is 13.0 Å². The molecular formula is C17H24N2OS2. The van der Waals surface area contributed by atoms with Gasteiger partial charge >= 0.3 is 0 Å². The number of nitrogens with one attached hydrogen (secondary N) is 1. The molecule has 2 rings (SSSR count). The van der Waals surface area contributed by atoms with Gasteiger partial charge in [-0.05, 0) is 63.3 Å². The zero-order valence-corrected chi connectivity index (χ0v) is 15.1. The Hall–Kier alpha value is -1.07. The smallest absolute Gasteiger partial charge is 0.237 e. The Morgan fingerprint density at radius 2 is 2.00 bits per heavy atom. The Morgan fingerprint density at radius 1 is 1.32 bits per heavy atom. The summed E-state index contributed by atoms with van der Waals surface area (Å²) in [5.41, 5.74) is 3.69. The molecule has 5 heteroatoms. The molecule has 0 fully saturated rings. The molecule has 0 heterocycles. The number of nitrogens with zero attached hydrogens (tertiary/aromatic N) is 1. The molecule has 0 saturated heterocycles. The SMILES string of the molecule is CCN(CC)C(=S)S[C@H](C)C(=O)Nc1ccc2c(c1)CCC2. The van der Waals surface area contributed by atoms with Gasteiger partial charge in [0.15, 0.2) is 0 Å². The van der Waals surface area contributed by atoms with Crippen LogP contribution in [0.3, 0.4) is 0 Å². The van der Waals surface area contributed by atoms with Crippen LogP contribution >= 0.6 is 24.0 Å². The van der Waals surface area contributed by atoms with E-state index in [0.717, 1.165) is 35.9 Å². The molecule has 1 amide bonds. The Balaban J connectivity index is 1.92. The molecule has 1 N–H and O–H groups in total. The highest BCUT2D eigenvalue weighted by atomic mass is 32.2. The Bertz CT molecular complexity index is 556. The van der Waals surface area contributed by atoms with E-state index in [9.17, 15) is 4.79 Å². The van der Waals surface area contributed by atoms with Crippen molar-refractivity contribution in [3.05, 3.63) is 29.3 Å². The summed E-state index contributed by atoms with van der Waals surface area (Å²) in [6.45, 7) is 7.81. The highest BCUT2D eigenvalue weighted by molar-refractivity contribution is 8.23. The topological polar surface area (TPSA) is 32.3 Å². The normalized spacial score (nSPS) is 14.3. The highest BCUT2D eigenvalue weighted by Crippen LogP contribution is 2.25. The molecule has 0 saturated carbocycles. The van der Waals surface area contributed by atoms with Crippen molar-refractivity contribution in [1.29, 1.82) is 0 Å². The predicted octanol–water partition coefficient (Wildman–Crippen LogP) is 3.86. The lowest BCUT2D eigenvalue weighted by Crippen LogP contribution is -2.31. The molecule has 0 spiro atoms. The average molecular weight is 337 g/mol. The molecule has 1 aromatic rings. The minimum Gasteiger partial charge on any atom is -0.358 e. The summed E-state index contributed by atoms with van der Waals surface area (Å²) in [6.07, 6.45) is 3.50. The number of carbonyl (C=O) groups excluding carboxylic acids is 1. The minimum atomic E-state index is -0.193. The van der Waals surface area contributed by atoms with Crippen molar-refractivity contribution in [1.82, 2.24) is 4.90 Å². The van der Waals surface area contributed by atoms with Crippen molar-refractivity contribution in [2.24, 2.45) is 0 Å². The van der Waals surface area contributed by atoms with Crippen LogP contribution in [-0.4, -0.2) is 33.5 Å². The summed E-state index contributed by atoms with van der Waals surface area (Å²) in [4.78, 5) is 14.4. The van der Waals surface area contributed by atoms with E-state index in [2.05, 4.69) is 36.2 Å². The Morgan fingerprint density at radius 3 is 2.68 bits per heavy atom. The number of hydrogen-bond donors (Lipinski definition) is 1. The molecule has 120 valence electrons. The third-order valence-corrected chi connectivity index (χ3v) is 5.61. The lowest BCUT2D eigenvalue weighted by Gasteiger charge is -2.23. The predicted molar refractivity (Wildman–Crippen MR) is 99.7 cm³/mol. The van der Waals surface area contributed by atoms with E-state index in [1.165, 1.54) is 29.3 Å². The van der Waals surface area contributed by atoms with Crippen LogP contribution in [0.4, 0.5) is 5.69 Å². The number of thiocarbonyl (C=S) groups is 1. The number of rotatable bonds is 5. The van der Waals surface area contributed by atoms with Crippen LogP contribution in [0.1, 0.15) is 38.3 Å². The first-order chi connectivity index (χ1) is 10.5. The van der Waals surface area contributed by atoms with Crippen molar-refractivity contribution in [2.75, 3.05) is 18.4 Å². The van der Waals surface area contributed by atoms with Crippen molar-refractivity contribution < 1.29 is 4.79 Å². The quantitative estimate of drug-likeness (QED) is 0.828. The summed E-state index contributed by atoms with van der Waals surface area (Å²) in [7, 11) is 0. The molecule has 1 aromatic carbocycles. The van der Waals surface area contributed by atoms with Crippen molar-refractivity contribution >= 4 is 39.9 Å². The van der Waals surface area contributed by atoms with Crippen LogP contribution in [0, 0.1) is 0 Å². The fraction of sp³-hybridized carbons (Fsp3) is 0.529. The average Bonchev–Trinajstić information content (AvgIpc) is 2.95. The number of benzene rings is 1. The van der Waals surface area contributed by atoms with E-state index in [1.54, 1.807) is 0 Å². The summed E-state index contributed by atoms with van der Waals surface area (Å²) in [6, 6.07) is 6.25. The first-order valence-electron chi connectivity index (χ1n) is 7.93. The van der Waals surface area contributed by atoms with Crippen LogP contribution in [0.25, 0.3) is 0 Å². The van der Waals surface area contributed by atoms with Gasteiger partial charge in [-0.25, -0.2) is 0 Å². The zero-order chi connectivity index (χ0) is 16.1. The fourth-order valence-electron chi connectivity index (χ4n) is 2.65. The van der Waals surface area contributed by atoms with E-state index in [4.69, 9.17) is 12.2 Å². The fourth-order valence-corrected chi connectivity index (χ4v) is 4.22. The number of aryl methyl sites for hydroxylation is 2. The number of fused-ring (bicyclic) bond motifs is 1. The van der Waals surface area contributed by atoms with Crippen LogP contribution in [0.2, 0.25) is 0 Å². The van der Waals surface area contributed by atoms with Gasteiger partial charge in [0.05, 0.1) is 5.25 Å². The number of hydrogen-bond acceptors (Lipinski definition) is 3. The highest BCUT2D eigenvalue weighted by Gasteiger charge is 2.19. The van der Waals surface area contributed by atoms with Crippen LogP contribution in [0.15, 0.2) is 18.2 Å². The van der Waals surface area contributed by atoms with Gasteiger partial charge in [0.1, 0.15) is 4.32 Å². The standard InChI is InChI=1S/C17H24N2OS2/c1-4-19(5-2)17(21)22-12(3)16(20)18-15-10-9-13-7-6-8-14(13)11-15/h9-12H,4-8H2,1-3H3,(H,18,20)/t12-/m1/s1. The lowest BCUT2D eigenvalue weighted by atomic mass is 10.1. The first kappa shape index (κ1) is 17.3. The maximum absolute atomic E-state index is 12.3. The van der Waals surface area contributed by atoms with Crippen LogP contribution in [-0.2, 0) is 17.6 Å². The maximum atomic E-state index is 12.3. The molecular weight excluding hydrogens is 312 g/mol. The third kappa shape index (κ3) is 4.23. The number of carbonyl (C=O) groups is 1. The van der Waals surface area contributed by atoms with Crippen LogP contribution < -0.4 is 5.32 Å². The minimum absolute atomic E-state index is 0.0115. The molecule has 1 aliphatic rings. The lowest BCUT2D eigenvalue weighted by molar-refractivity contribution is -0.115. The van der Waals surface area contributed by atoms with E-state index in [0.29, 0.717) is 0 Å². The van der Waals surface area contributed by atoms with Gasteiger partial charge in [-0.15, -0.1) is 0 Å². The van der Waals surface area contributed by atoms with Crippen LogP contribution in [0.5, 0.6) is 0 Å². The van der Waals surface area contributed by atoms with Crippen molar-refractivity contribution in [3.63, 3.8) is 0 Å². The second kappa shape index (κ2) is 7.97. The van der Waals surface area contributed by atoms with Gasteiger partial charge in [0.25, 0.3) is 0 Å². The molecule has 0 unspecified atom stereocenters. The molecule has 0 radical (unpaired) electrons. The summed E-state index contributed by atoms with van der Waals surface area (Å²) in [5, 5.41) is 2.82.